The summed E-state index contributed by atoms with van der Waals surface area (Å²) >= 11 is 0. The zero-order valence-corrected chi connectivity index (χ0v) is 26.6. The molecule has 9 rings (SSSR count). The first-order valence-corrected chi connectivity index (χ1v) is 16.2. The van der Waals surface area contributed by atoms with Crippen molar-refractivity contribution in [3.8, 4) is 50.2 Å². The number of aryl methyl sites for hydroxylation is 1. The van der Waals surface area contributed by atoms with E-state index in [0.29, 0.717) is 27.3 Å². The minimum absolute atomic E-state index is 0.00198. The highest BCUT2D eigenvalue weighted by Crippen LogP contribution is 2.45. The Morgan fingerprint density at radius 1 is 0.490 bits per heavy atom. The van der Waals surface area contributed by atoms with Gasteiger partial charge in [-0.15, -0.1) is 0 Å². The van der Waals surface area contributed by atoms with Crippen LogP contribution in [0, 0.1) is 0 Å². The number of imidazole rings is 1. The van der Waals surface area contributed by atoms with E-state index in [1.54, 1.807) is 12.1 Å². The molecular weight excluding hydrogens is 593 g/mol. The predicted octanol–water partition coefficient (Wildman–Crippen LogP) is 12.6. The molecule has 0 bridgehead atoms. The van der Waals surface area contributed by atoms with E-state index in [1.807, 2.05) is 60.7 Å². The molecular formula is C47H34N2. The van der Waals surface area contributed by atoms with Gasteiger partial charge in [-0.25, -0.2) is 4.98 Å². The zero-order chi connectivity index (χ0) is 41.4. The summed E-state index contributed by atoms with van der Waals surface area (Å²) in [6.45, 7) is 2.10. The maximum absolute atomic E-state index is 9.01. The number of fused-ring (bicyclic) bond motifs is 3. The topological polar surface area (TPSA) is 17.8 Å². The van der Waals surface area contributed by atoms with Crippen LogP contribution in [0.5, 0.6) is 0 Å². The van der Waals surface area contributed by atoms with E-state index in [1.165, 1.54) is 0 Å². The lowest BCUT2D eigenvalue weighted by molar-refractivity contribution is 0.908. The Bertz CT molecular complexity index is 3130. The summed E-state index contributed by atoms with van der Waals surface area (Å²) in [7, 11) is 0. The van der Waals surface area contributed by atoms with Gasteiger partial charge < -0.3 is 0 Å². The quantitative estimate of drug-likeness (QED) is 0.166. The molecule has 0 amide bonds. The molecule has 0 aliphatic carbocycles. The largest absolute Gasteiger partial charge is 0.296 e. The summed E-state index contributed by atoms with van der Waals surface area (Å²) in [4.78, 5) is 4.83. The minimum Gasteiger partial charge on any atom is -0.296 e. The molecule has 8 aromatic carbocycles. The SMILES string of the molecule is [2H]c1c([2H])c([2H])c(-c2ccc3c(-c4ccc(-c5ccc(-n6c(CC)nc7ccccc76)cc5)cc4)c4ccccc4c(-c4c([2H])c([2H])c([2H])c([2H])c4[2H])c3c2)c([2H])c1[2H]. The molecule has 9 aromatic rings. The number of rotatable bonds is 6. The van der Waals surface area contributed by atoms with Crippen molar-refractivity contribution in [3.63, 3.8) is 0 Å². The third kappa shape index (κ3) is 5.01. The van der Waals surface area contributed by atoms with Gasteiger partial charge in [0.2, 0.25) is 0 Å². The molecule has 0 aliphatic heterocycles. The Hall–Kier alpha value is -6.25. The Kier molecular flexibility index (Phi) is 4.98. The zero-order valence-electron chi connectivity index (χ0n) is 36.6. The molecule has 0 aliphatic rings. The van der Waals surface area contributed by atoms with Gasteiger partial charge in [-0.05, 0) is 96.4 Å². The second kappa shape index (κ2) is 12.1. The van der Waals surface area contributed by atoms with Gasteiger partial charge in [0, 0.05) is 12.1 Å². The maximum Gasteiger partial charge on any atom is 0.114 e. The second-order valence-electron chi connectivity index (χ2n) is 11.9. The summed E-state index contributed by atoms with van der Waals surface area (Å²) < 4.78 is 87.9. The number of hydrogen-bond donors (Lipinski definition) is 0. The van der Waals surface area contributed by atoms with Crippen LogP contribution < -0.4 is 0 Å². The fourth-order valence-electron chi connectivity index (χ4n) is 6.92. The van der Waals surface area contributed by atoms with Gasteiger partial charge in [-0.3, -0.25) is 4.57 Å². The number of para-hydroxylation sites is 2. The van der Waals surface area contributed by atoms with E-state index >= 15 is 0 Å². The van der Waals surface area contributed by atoms with E-state index in [-0.39, 0.29) is 35.3 Å². The fourth-order valence-corrected chi connectivity index (χ4v) is 6.92. The molecule has 0 N–H and O–H groups in total. The molecule has 0 saturated carbocycles. The van der Waals surface area contributed by atoms with E-state index in [2.05, 4.69) is 54.0 Å². The van der Waals surface area contributed by atoms with Crippen LogP contribution in [-0.4, -0.2) is 9.55 Å². The fraction of sp³-hybridized carbons (Fsp3) is 0.0426. The van der Waals surface area contributed by atoms with Gasteiger partial charge >= 0.3 is 0 Å². The van der Waals surface area contributed by atoms with E-state index in [0.717, 1.165) is 56.6 Å². The van der Waals surface area contributed by atoms with Crippen LogP contribution in [0.2, 0.25) is 0 Å². The van der Waals surface area contributed by atoms with Crippen molar-refractivity contribution in [2.45, 2.75) is 13.3 Å². The van der Waals surface area contributed by atoms with Crippen LogP contribution in [0.4, 0.5) is 0 Å². The molecule has 0 unspecified atom stereocenters. The third-order valence-corrected chi connectivity index (χ3v) is 9.14. The van der Waals surface area contributed by atoms with Gasteiger partial charge in [0.15, 0.2) is 0 Å². The normalized spacial score (nSPS) is 14.3. The van der Waals surface area contributed by atoms with Crippen molar-refractivity contribution in [2.75, 3.05) is 0 Å². The summed E-state index contributed by atoms with van der Waals surface area (Å²) in [6.07, 6.45) is 0.792. The Labute approximate surface area is 300 Å². The molecule has 1 heterocycles. The predicted molar refractivity (Wildman–Crippen MR) is 207 cm³/mol. The third-order valence-electron chi connectivity index (χ3n) is 9.14. The van der Waals surface area contributed by atoms with Crippen LogP contribution in [0.1, 0.15) is 26.5 Å². The second-order valence-corrected chi connectivity index (χ2v) is 11.9. The molecule has 232 valence electrons. The first-order valence-electron chi connectivity index (χ1n) is 21.2. The molecule has 0 fully saturated rings. The highest BCUT2D eigenvalue weighted by molar-refractivity contribution is 6.22. The molecule has 0 spiro atoms. The standard InChI is InChI=1S/C47H34N2/c1-2-45-48-43-19-11-12-20-44(43)49(45)38-28-25-34(26-29-38)33-21-23-36(24-22-33)46-39-17-9-10-18-40(39)47(35-15-7-4-8-16-35)42-31-37(27-30-41(42)46)32-13-5-3-6-14-32/h3-31H,2H2,1H3/i3D,4D,5D,6D,7D,8D,13D,14D,15D,16D. The highest BCUT2D eigenvalue weighted by atomic mass is 15.1. The average molecular weight is 637 g/mol. The summed E-state index contributed by atoms with van der Waals surface area (Å²) in [5, 5.41) is 2.61. The Morgan fingerprint density at radius 2 is 1.02 bits per heavy atom. The molecule has 0 saturated heterocycles. The van der Waals surface area contributed by atoms with Crippen molar-refractivity contribution < 1.29 is 13.7 Å². The number of aromatic nitrogens is 2. The van der Waals surface area contributed by atoms with Crippen molar-refractivity contribution in [3.05, 3.63) is 182 Å². The van der Waals surface area contributed by atoms with Crippen LogP contribution in [-0.2, 0) is 6.42 Å². The molecule has 2 heteroatoms. The van der Waals surface area contributed by atoms with Crippen molar-refractivity contribution in [1.82, 2.24) is 9.55 Å². The first kappa shape index (κ1) is 20.2. The smallest absolute Gasteiger partial charge is 0.114 e. The monoisotopic (exact) mass is 636 g/mol. The summed E-state index contributed by atoms with van der Waals surface area (Å²) in [6, 6.07) is 33.1. The average Bonchev–Trinajstić information content (AvgIpc) is 3.65. The van der Waals surface area contributed by atoms with Gasteiger partial charge in [0.05, 0.1) is 24.7 Å². The van der Waals surface area contributed by atoms with Crippen LogP contribution >= 0.6 is 0 Å². The van der Waals surface area contributed by atoms with Crippen LogP contribution in [0.3, 0.4) is 0 Å². The van der Waals surface area contributed by atoms with Crippen molar-refractivity contribution in [1.29, 1.82) is 0 Å². The highest BCUT2D eigenvalue weighted by Gasteiger charge is 2.18. The summed E-state index contributed by atoms with van der Waals surface area (Å²) in [5.41, 5.74) is 7.49. The number of nitrogens with zero attached hydrogens (tertiary/aromatic N) is 2. The molecule has 0 radical (unpaired) electrons. The van der Waals surface area contributed by atoms with E-state index < -0.39 is 36.3 Å². The van der Waals surface area contributed by atoms with E-state index in [9.17, 15) is 0 Å². The van der Waals surface area contributed by atoms with Gasteiger partial charge in [0.1, 0.15) is 5.82 Å². The van der Waals surface area contributed by atoms with E-state index in [4.69, 9.17) is 18.7 Å². The Morgan fingerprint density at radius 3 is 1.69 bits per heavy atom. The van der Waals surface area contributed by atoms with Crippen molar-refractivity contribution in [2.24, 2.45) is 0 Å². The lowest BCUT2D eigenvalue weighted by Gasteiger charge is -2.19. The Balaban J connectivity index is 1.25. The van der Waals surface area contributed by atoms with Crippen LogP contribution in [0.15, 0.2) is 176 Å². The lowest BCUT2D eigenvalue weighted by atomic mass is 9.84. The minimum atomic E-state index is -0.510. The van der Waals surface area contributed by atoms with Gasteiger partial charge in [-0.2, -0.15) is 0 Å². The molecule has 0 atom stereocenters. The number of benzene rings is 8. The van der Waals surface area contributed by atoms with Gasteiger partial charge in [-0.1, -0.05) is 152 Å². The first-order chi connectivity index (χ1) is 28.4. The molecule has 49 heavy (non-hydrogen) atoms. The van der Waals surface area contributed by atoms with Crippen LogP contribution in [0.25, 0.3) is 82.8 Å². The van der Waals surface area contributed by atoms with Gasteiger partial charge in [0.25, 0.3) is 0 Å². The maximum atomic E-state index is 9.01. The molecule has 1 aromatic heterocycles. The molecule has 2 nitrogen and oxygen atoms in total. The summed E-state index contributed by atoms with van der Waals surface area (Å²) in [5.74, 6) is 0.987. The van der Waals surface area contributed by atoms with Crippen molar-refractivity contribution >= 4 is 32.6 Å². The number of hydrogen-bond acceptors (Lipinski definition) is 1. The lowest BCUT2D eigenvalue weighted by Crippen LogP contribution is -1.99.